The molecule has 6 nitrogen and oxygen atoms in total. The van der Waals surface area contributed by atoms with Crippen molar-refractivity contribution in [1.82, 2.24) is 14.5 Å². The molecule has 2 aliphatic heterocycles. The molecule has 2 aliphatic rings. The van der Waals surface area contributed by atoms with Gasteiger partial charge in [0.15, 0.2) is 11.5 Å². The summed E-state index contributed by atoms with van der Waals surface area (Å²) >= 11 is 0. The number of methoxy groups -OCH3 is 1. The van der Waals surface area contributed by atoms with Crippen molar-refractivity contribution in [1.29, 1.82) is 0 Å². The molecule has 6 heteroatoms. The van der Waals surface area contributed by atoms with Crippen LogP contribution in [-0.4, -0.2) is 47.5 Å². The van der Waals surface area contributed by atoms with Crippen LogP contribution in [0.15, 0.2) is 29.5 Å². The third-order valence-corrected chi connectivity index (χ3v) is 5.52. The third kappa shape index (κ3) is 3.86. The molecule has 2 aromatic rings. The van der Waals surface area contributed by atoms with E-state index in [9.17, 15) is 0 Å². The van der Waals surface area contributed by atoms with Crippen molar-refractivity contribution in [3.05, 3.63) is 41.5 Å². The Balaban J connectivity index is 1.37. The number of rotatable bonds is 6. The first kappa shape index (κ1) is 18.0. The van der Waals surface area contributed by atoms with Gasteiger partial charge in [0, 0.05) is 44.0 Å². The number of piperidine rings is 1. The van der Waals surface area contributed by atoms with Gasteiger partial charge >= 0.3 is 0 Å². The van der Waals surface area contributed by atoms with Crippen LogP contribution in [0.2, 0.25) is 0 Å². The Hall–Kier alpha value is -2.34. The number of imidazole rings is 1. The quantitative estimate of drug-likeness (QED) is 0.785. The highest BCUT2D eigenvalue weighted by molar-refractivity contribution is 5.63. The minimum absolute atomic E-state index is 0.554. The maximum Gasteiger partial charge on any atom is 0.161 e. The molecule has 0 spiro atoms. The number of aromatic nitrogens is 2. The summed E-state index contributed by atoms with van der Waals surface area (Å²) in [6.45, 7) is 6.53. The summed E-state index contributed by atoms with van der Waals surface area (Å²) in [7, 11) is 1.68. The van der Waals surface area contributed by atoms with Crippen molar-refractivity contribution < 1.29 is 9.47 Å². The van der Waals surface area contributed by atoms with Gasteiger partial charge < -0.3 is 14.0 Å². The molecule has 1 saturated heterocycles. The molecule has 1 fully saturated rings. The fourth-order valence-corrected chi connectivity index (χ4v) is 4.10. The summed E-state index contributed by atoms with van der Waals surface area (Å²) in [6, 6.07) is 6.81. The molecule has 4 rings (SSSR count). The molecule has 144 valence electrons. The van der Waals surface area contributed by atoms with Crippen LogP contribution in [0, 0.1) is 0 Å². The highest BCUT2D eigenvalue weighted by Gasteiger charge is 2.24. The van der Waals surface area contributed by atoms with Gasteiger partial charge in [0.25, 0.3) is 0 Å². The predicted octanol–water partition coefficient (Wildman–Crippen LogP) is 3.25. The molecule has 0 bridgehead atoms. The van der Waals surface area contributed by atoms with Crippen LogP contribution in [0.1, 0.15) is 42.8 Å². The third-order valence-electron chi connectivity index (χ3n) is 5.52. The molecule has 3 heterocycles. The fourth-order valence-electron chi connectivity index (χ4n) is 4.10. The molecule has 1 aromatic heterocycles. The van der Waals surface area contributed by atoms with Crippen LogP contribution in [0.5, 0.6) is 11.5 Å². The number of nitrogens with zero attached hydrogens (tertiary/aromatic N) is 4. The van der Waals surface area contributed by atoms with E-state index in [-0.39, 0.29) is 0 Å². The smallest absolute Gasteiger partial charge is 0.161 e. The molecule has 0 aliphatic carbocycles. The zero-order valence-electron chi connectivity index (χ0n) is 16.2. The summed E-state index contributed by atoms with van der Waals surface area (Å²) in [5, 5.41) is 0. The molecule has 0 amide bonds. The summed E-state index contributed by atoms with van der Waals surface area (Å²) < 4.78 is 13.5. The zero-order valence-corrected chi connectivity index (χ0v) is 16.2. The minimum Gasteiger partial charge on any atom is -0.493 e. The lowest BCUT2D eigenvalue weighted by Gasteiger charge is -2.33. The number of hydrogen-bond donors (Lipinski definition) is 0. The first-order chi connectivity index (χ1) is 13.3. The molecular weight excluding hydrogens is 340 g/mol. The van der Waals surface area contributed by atoms with E-state index in [1.54, 1.807) is 7.11 Å². The Morgan fingerprint density at radius 3 is 2.81 bits per heavy atom. The number of aliphatic imine (C=N–C) groups is 1. The van der Waals surface area contributed by atoms with E-state index in [1.807, 2.05) is 25.5 Å². The first-order valence-electron chi connectivity index (χ1n) is 9.83. The van der Waals surface area contributed by atoms with Crippen LogP contribution >= 0.6 is 0 Å². The molecular formula is C21H28N4O2. The number of ether oxygens (including phenoxy) is 2. The number of likely N-dealkylation sites (tertiary alicyclic amines) is 1. The van der Waals surface area contributed by atoms with Gasteiger partial charge in [-0.2, -0.15) is 0 Å². The van der Waals surface area contributed by atoms with Crippen molar-refractivity contribution in [3.63, 3.8) is 0 Å². The standard InChI is InChI=1S/C21H28N4O2/c1-3-27-21-12-16(4-5-20(21)26-2)14-24-10-7-17(8-11-24)25-15-23-18-13-22-9-6-19(18)25/h4-5,9,12,15,17H,3,6-8,10-11,13-14H2,1-2H3. The largest absolute Gasteiger partial charge is 0.493 e. The Morgan fingerprint density at radius 2 is 2.04 bits per heavy atom. The lowest BCUT2D eigenvalue weighted by molar-refractivity contribution is 0.178. The van der Waals surface area contributed by atoms with Gasteiger partial charge in [-0.25, -0.2) is 4.98 Å². The van der Waals surface area contributed by atoms with Crippen LogP contribution < -0.4 is 9.47 Å². The summed E-state index contributed by atoms with van der Waals surface area (Å²) in [5.74, 6) is 1.63. The van der Waals surface area contributed by atoms with Gasteiger partial charge in [-0.05, 0) is 37.5 Å². The van der Waals surface area contributed by atoms with E-state index in [0.29, 0.717) is 12.6 Å². The number of fused-ring (bicyclic) bond motifs is 1. The normalized spacial score (nSPS) is 17.7. The fraction of sp³-hybridized carbons (Fsp3) is 0.524. The Labute approximate surface area is 160 Å². The predicted molar refractivity (Wildman–Crippen MR) is 106 cm³/mol. The maximum absolute atomic E-state index is 5.71. The van der Waals surface area contributed by atoms with Crippen LogP contribution in [0.4, 0.5) is 0 Å². The summed E-state index contributed by atoms with van der Waals surface area (Å²) in [5.41, 5.74) is 3.79. The molecule has 0 N–H and O–H groups in total. The Morgan fingerprint density at radius 1 is 1.19 bits per heavy atom. The van der Waals surface area contributed by atoms with Crippen molar-refractivity contribution in [2.75, 3.05) is 26.8 Å². The number of benzene rings is 1. The van der Waals surface area contributed by atoms with Crippen molar-refractivity contribution in [2.24, 2.45) is 4.99 Å². The Bertz CT molecular complexity index is 807. The lowest BCUT2D eigenvalue weighted by Crippen LogP contribution is -2.34. The van der Waals surface area contributed by atoms with E-state index in [0.717, 1.165) is 62.6 Å². The summed E-state index contributed by atoms with van der Waals surface area (Å²) in [6.07, 6.45) is 7.29. The van der Waals surface area contributed by atoms with Gasteiger partial charge in [-0.3, -0.25) is 9.89 Å². The molecule has 1 aromatic carbocycles. The van der Waals surface area contributed by atoms with Crippen molar-refractivity contribution >= 4 is 6.21 Å². The first-order valence-corrected chi connectivity index (χ1v) is 9.83. The van der Waals surface area contributed by atoms with E-state index in [1.165, 1.54) is 11.3 Å². The molecule has 0 atom stereocenters. The summed E-state index contributed by atoms with van der Waals surface area (Å²) in [4.78, 5) is 11.4. The van der Waals surface area contributed by atoms with E-state index in [2.05, 4.69) is 31.6 Å². The lowest BCUT2D eigenvalue weighted by atomic mass is 10.0. The number of hydrogen-bond acceptors (Lipinski definition) is 5. The van der Waals surface area contributed by atoms with Gasteiger partial charge in [-0.1, -0.05) is 6.07 Å². The molecule has 27 heavy (non-hydrogen) atoms. The van der Waals surface area contributed by atoms with Gasteiger partial charge in [0.2, 0.25) is 0 Å². The molecule has 0 unspecified atom stereocenters. The van der Waals surface area contributed by atoms with Crippen LogP contribution in [0.3, 0.4) is 0 Å². The second-order valence-electron chi connectivity index (χ2n) is 7.20. The SMILES string of the molecule is CCOc1cc(CN2CCC(n3cnc4c3CC=NC4)CC2)ccc1OC. The van der Waals surface area contributed by atoms with Crippen LogP contribution in [-0.2, 0) is 19.5 Å². The Kier molecular flexibility index (Phi) is 5.43. The topological polar surface area (TPSA) is 51.9 Å². The average molecular weight is 368 g/mol. The zero-order chi connectivity index (χ0) is 18.6. The van der Waals surface area contributed by atoms with Crippen molar-refractivity contribution in [3.8, 4) is 11.5 Å². The second kappa shape index (κ2) is 8.13. The molecule has 0 saturated carbocycles. The van der Waals surface area contributed by atoms with Gasteiger partial charge in [0.1, 0.15) is 0 Å². The van der Waals surface area contributed by atoms with Gasteiger partial charge in [0.05, 0.1) is 32.3 Å². The van der Waals surface area contributed by atoms with E-state index < -0.39 is 0 Å². The molecule has 0 radical (unpaired) electrons. The van der Waals surface area contributed by atoms with Gasteiger partial charge in [-0.15, -0.1) is 0 Å². The minimum atomic E-state index is 0.554. The monoisotopic (exact) mass is 368 g/mol. The second-order valence-corrected chi connectivity index (χ2v) is 7.20. The van der Waals surface area contributed by atoms with Crippen molar-refractivity contribution in [2.45, 2.75) is 45.3 Å². The van der Waals surface area contributed by atoms with Crippen LogP contribution in [0.25, 0.3) is 0 Å². The van der Waals surface area contributed by atoms with E-state index >= 15 is 0 Å². The highest BCUT2D eigenvalue weighted by Crippen LogP contribution is 2.30. The maximum atomic E-state index is 5.71. The average Bonchev–Trinajstić information content (AvgIpc) is 3.13. The highest BCUT2D eigenvalue weighted by atomic mass is 16.5. The van der Waals surface area contributed by atoms with E-state index in [4.69, 9.17) is 9.47 Å².